The molecule has 4 nitrogen and oxygen atoms in total. The summed E-state index contributed by atoms with van der Waals surface area (Å²) >= 11 is 0. The highest BCUT2D eigenvalue weighted by molar-refractivity contribution is 5.43. The highest BCUT2D eigenvalue weighted by atomic mass is 16.6. The molecule has 4 heteroatoms. The second-order valence-electron chi connectivity index (χ2n) is 3.79. The van der Waals surface area contributed by atoms with E-state index in [1.54, 1.807) is 12.1 Å². The fraction of sp³-hybridized carbons (Fsp3) is 0.462. The third kappa shape index (κ3) is 3.87. The Morgan fingerprint density at radius 1 is 1.41 bits per heavy atom. The van der Waals surface area contributed by atoms with Gasteiger partial charge in [0.15, 0.2) is 0 Å². The van der Waals surface area contributed by atoms with Gasteiger partial charge in [0.2, 0.25) is 0 Å². The summed E-state index contributed by atoms with van der Waals surface area (Å²) in [5, 5.41) is 10.8. The number of nitrogens with zero attached hydrogens (tertiary/aromatic N) is 2. The van der Waals surface area contributed by atoms with Crippen LogP contribution >= 0.6 is 0 Å². The standard InChI is InChI=1S/C13H17N2O2/c1-3-8-14-9-7-11-5-6-13(15(16)17)12(4-2)10-11/h5-6,10H,3-4,7-8H2,1-2H3/q+1. The first-order chi connectivity index (χ1) is 8.19. The minimum absolute atomic E-state index is 0.196. The van der Waals surface area contributed by atoms with E-state index in [1.807, 2.05) is 13.0 Å². The van der Waals surface area contributed by atoms with Crippen molar-refractivity contribution in [3.63, 3.8) is 0 Å². The van der Waals surface area contributed by atoms with Gasteiger partial charge in [-0.15, -0.1) is 0 Å². The van der Waals surface area contributed by atoms with Gasteiger partial charge in [-0.25, -0.2) is 0 Å². The minimum atomic E-state index is -0.336. The topological polar surface area (TPSA) is 47.5 Å². The van der Waals surface area contributed by atoms with Crippen LogP contribution in [0.2, 0.25) is 0 Å². The lowest BCUT2D eigenvalue weighted by atomic mass is 10.1. The summed E-state index contributed by atoms with van der Waals surface area (Å²) < 4.78 is 0. The minimum Gasteiger partial charge on any atom is -0.258 e. The number of nitro benzene ring substituents is 1. The van der Waals surface area contributed by atoms with Gasteiger partial charge in [-0.05, 0) is 18.1 Å². The lowest BCUT2D eigenvalue weighted by Crippen LogP contribution is -1.95. The molecule has 0 fully saturated rings. The van der Waals surface area contributed by atoms with Crippen LogP contribution in [-0.2, 0) is 12.8 Å². The molecule has 0 saturated heterocycles. The predicted molar refractivity (Wildman–Crippen MR) is 68.6 cm³/mol. The van der Waals surface area contributed by atoms with Gasteiger partial charge >= 0.3 is 0 Å². The molecule has 90 valence electrons. The molecule has 0 spiro atoms. The first-order valence-electron chi connectivity index (χ1n) is 5.84. The number of rotatable bonds is 4. The fourth-order valence-electron chi connectivity index (χ4n) is 1.55. The molecule has 0 aliphatic heterocycles. The van der Waals surface area contributed by atoms with Crippen molar-refractivity contribution in [3.8, 4) is 6.07 Å². The Balaban J connectivity index is 2.84. The van der Waals surface area contributed by atoms with Crippen LogP contribution in [0.1, 0.15) is 31.4 Å². The van der Waals surface area contributed by atoms with Crippen LogP contribution < -0.4 is 0 Å². The van der Waals surface area contributed by atoms with Crippen molar-refractivity contribution in [2.24, 2.45) is 0 Å². The zero-order chi connectivity index (χ0) is 12.7. The van der Waals surface area contributed by atoms with Crippen LogP contribution in [0.5, 0.6) is 0 Å². The molecule has 0 saturated carbocycles. The van der Waals surface area contributed by atoms with Gasteiger partial charge in [-0.1, -0.05) is 24.8 Å². The number of hydrogen-bond acceptors (Lipinski definition) is 2. The number of nitro groups is 1. The Hall–Kier alpha value is -1.89. The van der Waals surface area contributed by atoms with Crippen LogP contribution in [0.15, 0.2) is 18.2 Å². The first-order valence-corrected chi connectivity index (χ1v) is 5.84. The van der Waals surface area contributed by atoms with E-state index in [1.165, 1.54) is 0 Å². The second-order valence-corrected chi connectivity index (χ2v) is 3.79. The normalized spacial score (nSPS) is 9.53. The summed E-state index contributed by atoms with van der Waals surface area (Å²) in [6.07, 6.45) is 2.29. The fourth-order valence-corrected chi connectivity index (χ4v) is 1.55. The molecular formula is C13H17N2O2+. The van der Waals surface area contributed by atoms with E-state index in [2.05, 4.69) is 17.8 Å². The van der Waals surface area contributed by atoms with E-state index in [-0.39, 0.29) is 10.6 Å². The van der Waals surface area contributed by atoms with Crippen LogP contribution in [-0.4, -0.2) is 11.5 Å². The third-order valence-corrected chi connectivity index (χ3v) is 2.45. The first kappa shape index (κ1) is 13.2. The molecule has 17 heavy (non-hydrogen) atoms. The van der Waals surface area contributed by atoms with E-state index in [0.29, 0.717) is 12.8 Å². The van der Waals surface area contributed by atoms with Crippen LogP contribution in [0.25, 0.3) is 4.85 Å². The molecule has 0 aromatic heterocycles. The maximum Gasteiger partial charge on any atom is 0.277 e. The van der Waals surface area contributed by atoms with Crippen LogP contribution in [0.4, 0.5) is 5.69 Å². The molecule has 0 aliphatic carbocycles. The maximum absolute atomic E-state index is 10.8. The van der Waals surface area contributed by atoms with Crippen molar-refractivity contribution in [2.75, 3.05) is 6.54 Å². The summed E-state index contributed by atoms with van der Waals surface area (Å²) in [6.45, 7) is 4.76. The quantitative estimate of drug-likeness (QED) is 0.590. The molecule has 0 heterocycles. The van der Waals surface area contributed by atoms with E-state index < -0.39 is 0 Å². The molecule has 1 aromatic rings. The van der Waals surface area contributed by atoms with Gasteiger partial charge < -0.3 is 0 Å². The van der Waals surface area contributed by atoms with Crippen LogP contribution in [0.3, 0.4) is 0 Å². The lowest BCUT2D eigenvalue weighted by molar-refractivity contribution is -0.385. The van der Waals surface area contributed by atoms with Gasteiger partial charge in [-0.2, -0.15) is 0 Å². The Bertz CT molecular complexity index is 458. The van der Waals surface area contributed by atoms with Gasteiger partial charge in [0.05, 0.1) is 4.92 Å². The Labute approximate surface area is 101 Å². The smallest absolute Gasteiger partial charge is 0.258 e. The van der Waals surface area contributed by atoms with Crippen molar-refractivity contribution in [1.82, 2.24) is 0 Å². The van der Waals surface area contributed by atoms with Crippen molar-refractivity contribution >= 4 is 5.69 Å². The van der Waals surface area contributed by atoms with Crippen molar-refractivity contribution in [3.05, 3.63) is 44.3 Å². The summed E-state index contributed by atoms with van der Waals surface area (Å²) in [6, 6.07) is 8.16. The highest BCUT2D eigenvalue weighted by Crippen LogP contribution is 2.20. The zero-order valence-corrected chi connectivity index (χ0v) is 10.3. The molecule has 0 N–H and O–H groups in total. The lowest BCUT2D eigenvalue weighted by Gasteiger charge is -2.00. The number of benzene rings is 1. The molecule has 0 radical (unpaired) electrons. The number of aryl methyl sites for hydroxylation is 1. The molecule has 0 atom stereocenters. The Kier molecular flexibility index (Phi) is 5.15. The van der Waals surface area contributed by atoms with Crippen molar-refractivity contribution in [2.45, 2.75) is 33.1 Å². The summed E-state index contributed by atoms with van der Waals surface area (Å²) in [5.41, 5.74) is 1.99. The van der Waals surface area contributed by atoms with Crippen molar-refractivity contribution < 1.29 is 4.92 Å². The molecule has 1 rings (SSSR count). The Morgan fingerprint density at radius 2 is 2.18 bits per heavy atom. The van der Waals surface area contributed by atoms with E-state index in [9.17, 15) is 10.1 Å². The van der Waals surface area contributed by atoms with E-state index in [4.69, 9.17) is 0 Å². The average molecular weight is 233 g/mol. The molecule has 0 bridgehead atoms. The number of hydrogen-bond donors (Lipinski definition) is 0. The average Bonchev–Trinajstić information content (AvgIpc) is 2.34. The zero-order valence-electron chi connectivity index (χ0n) is 10.3. The van der Waals surface area contributed by atoms with E-state index >= 15 is 0 Å². The van der Waals surface area contributed by atoms with Crippen molar-refractivity contribution in [1.29, 1.82) is 0 Å². The monoisotopic (exact) mass is 233 g/mol. The summed E-state index contributed by atoms with van der Waals surface area (Å²) in [5.74, 6) is 0. The molecule has 1 aromatic carbocycles. The van der Waals surface area contributed by atoms with E-state index in [0.717, 1.165) is 24.1 Å². The molecule has 0 amide bonds. The van der Waals surface area contributed by atoms with Gasteiger partial charge in [0.1, 0.15) is 6.42 Å². The van der Waals surface area contributed by atoms with Gasteiger partial charge in [0.25, 0.3) is 18.3 Å². The molecule has 0 aliphatic rings. The van der Waals surface area contributed by atoms with Crippen LogP contribution in [0, 0.1) is 16.2 Å². The second kappa shape index (κ2) is 6.64. The van der Waals surface area contributed by atoms with Gasteiger partial charge in [0, 0.05) is 18.1 Å². The summed E-state index contributed by atoms with van der Waals surface area (Å²) in [4.78, 5) is 14.5. The highest BCUT2D eigenvalue weighted by Gasteiger charge is 2.12. The predicted octanol–water partition coefficient (Wildman–Crippen LogP) is 3.44. The molecular weight excluding hydrogens is 216 g/mol. The Morgan fingerprint density at radius 3 is 2.76 bits per heavy atom. The summed E-state index contributed by atoms with van der Waals surface area (Å²) in [7, 11) is 0. The SMILES string of the molecule is CCC[N+]#CCc1ccc([N+](=O)[O-])c(CC)c1. The largest absolute Gasteiger partial charge is 0.277 e. The maximum atomic E-state index is 10.8. The molecule has 0 unspecified atom stereocenters. The third-order valence-electron chi connectivity index (χ3n) is 2.45. The van der Waals surface area contributed by atoms with Gasteiger partial charge in [-0.3, -0.25) is 10.1 Å².